The Bertz CT molecular complexity index is 466. The first-order chi connectivity index (χ1) is 8.54. The van der Waals surface area contributed by atoms with Crippen LogP contribution in [-0.2, 0) is 14.3 Å². The molecular weight excluding hydrogens is 277 g/mol. The Balaban J connectivity index is 2.68. The van der Waals surface area contributed by atoms with Crippen LogP contribution in [0.1, 0.15) is 6.92 Å². The third kappa shape index (κ3) is 4.39. The molecule has 96 valence electrons. The fourth-order valence-electron chi connectivity index (χ4n) is 1.12. The van der Waals surface area contributed by atoms with E-state index >= 15 is 0 Å². The molecule has 0 saturated heterocycles. The first kappa shape index (κ1) is 14.5. The number of para-hydroxylation sites is 1. The van der Waals surface area contributed by atoms with Crippen LogP contribution in [0.4, 0.5) is 5.69 Å². The molecule has 1 rings (SSSR count). The number of carbonyl (C=O) groups is 2. The molecule has 0 radical (unpaired) electrons. The van der Waals surface area contributed by atoms with Crippen LogP contribution in [0.15, 0.2) is 30.4 Å². The van der Waals surface area contributed by atoms with E-state index in [1.54, 1.807) is 25.1 Å². The standard InChI is InChI=1S/C12H11Cl2NO3/c1-2-18-11(17)7-6-10(16)15-12-8(13)4-3-5-9(12)14/h3-7H,2H2,1H3,(H,15,16)/b7-6-. The molecule has 0 heterocycles. The summed E-state index contributed by atoms with van der Waals surface area (Å²) in [6, 6.07) is 4.85. The van der Waals surface area contributed by atoms with Gasteiger partial charge >= 0.3 is 5.97 Å². The number of halogens is 2. The number of hydrogen-bond acceptors (Lipinski definition) is 3. The number of nitrogens with one attached hydrogen (secondary N) is 1. The lowest BCUT2D eigenvalue weighted by molar-refractivity contribution is -0.137. The molecule has 4 nitrogen and oxygen atoms in total. The van der Waals surface area contributed by atoms with Crippen molar-refractivity contribution in [2.24, 2.45) is 0 Å². The summed E-state index contributed by atoms with van der Waals surface area (Å²) in [7, 11) is 0. The zero-order chi connectivity index (χ0) is 13.5. The molecule has 0 aliphatic rings. The van der Waals surface area contributed by atoms with Gasteiger partial charge in [-0.25, -0.2) is 4.79 Å². The third-order valence-corrected chi connectivity index (χ3v) is 2.50. The van der Waals surface area contributed by atoms with E-state index in [9.17, 15) is 9.59 Å². The van der Waals surface area contributed by atoms with Crippen molar-refractivity contribution in [3.8, 4) is 0 Å². The van der Waals surface area contributed by atoms with E-state index in [0.29, 0.717) is 15.7 Å². The van der Waals surface area contributed by atoms with Crippen molar-refractivity contribution in [1.29, 1.82) is 0 Å². The number of ether oxygens (including phenoxy) is 1. The molecule has 0 aliphatic heterocycles. The van der Waals surface area contributed by atoms with Crippen LogP contribution in [0.5, 0.6) is 0 Å². The lowest BCUT2D eigenvalue weighted by atomic mass is 10.3. The van der Waals surface area contributed by atoms with Crippen molar-refractivity contribution < 1.29 is 14.3 Å². The number of esters is 1. The summed E-state index contributed by atoms with van der Waals surface area (Å²) in [5.74, 6) is -1.10. The molecule has 1 N–H and O–H groups in total. The first-order valence-electron chi connectivity index (χ1n) is 5.14. The van der Waals surface area contributed by atoms with Crippen LogP contribution >= 0.6 is 23.2 Å². The molecule has 0 fully saturated rings. The van der Waals surface area contributed by atoms with Gasteiger partial charge in [-0.2, -0.15) is 0 Å². The maximum absolute atomic E-state index is 11.5. The molecule has 0 aliphatic carbocycles. The van der Waals surface area contributed by atoms with Crippen LogP contribution in [0.3, 0.4) is 0 Å². The van der Waals surface area contributed by atoms with E-state index in [2.05, 4.69) is 10.1 Å². The fraction of sp³-hybridized carbons (Fsp3) is 0.167. The van der Waals surface area contributed by atoms with E-state index in [4.69, 9.17) is 23.2 Å². The van der Waals surface area contributed by atoms with Gasteiger partial charge < -0.3 is 10.1 Å². The van der Waals surface area contributed by atoms with Crippen LogP contribution in [0.25, 0.3) is 0 Å². The van der Waals surface area contributed by atoms with Crippen LogP contribution in [0.2, 0.25) is 10.0 Å². The molecule has 0 saturated carbocycles. The van der Waals surface area contributed by atoms with Gasteiger partial charge in [0.05, 0.1) is 22.3 Å². The largest absolute Gasteiger partial charge is 0.463 e. The number of rotatable bonds is 4. The second-order valence-electron chi connectivity index (χ2n) is 3.17. The Kier molecular flexibility index (Phi) is 5.68. The van der Waals surface area contributed by atoms with E-state index in [1.165, 1.54) is 0 Å². The summed E-state index contributed by atoms with van der Waals surface area (Å²) in [6.45, 7) is 1.93. The lowest BCUT2D eigenvalue weighted by Gasteiger charge is -2.06. The van der Waals surface area contributed by atoms with Gasteiger partial charge in [0.1, 0.15) is 0 Å². The highest BCUT2D eigenvalue weighted by Gasteiger charge is 2.07. The third-order valence-electron chi connectivity index (χ3n) is 1.87. The van der Waals surface area contributed by atoms with Gasteiger partial charge in [0.15, 0.2) is 0 Å². The van der Waals surface area contributed by atoms with Crippen molar-refractivity contribution in [3.05, 3.63) is 40.4 Å². The number of anilines is 1. The number of amides is 1. The first-order valence-corrected chi connectivity index (χ1v) is 5.90. The Hall–Kier alpha value is -1.52. The lowest BCUT2D eigenvalue weighted by Crippen LogP contribution is -2.10. The van der Waals surface area contributed by atoms with E-state index in [-0.39, 0.29) is 6.61 Å². The monoisotopic (exact) mass is 287 g/mol. The van der Waals surface area contributed by atoms with Crippen molar-refractivity contribution in [3.63, 3.8) is 0 Å². The highest BCUT2D eigenvalue weighted by atomic mass is 35.5. The Labute approximate surface area is 115 Å². The smallest absolute Gasteiger partial charge is 0.330 e. The van der Waals surface area contributed by atoms with Crippen molar-refractivity contribution in [2.45, 2.75) is 6.92 Å². The summed E-state index contributed by atoms with van der Waals surface area (Å²) >= 11 is 11.7. The molecule has 1 aromatic rings. The van der Waals surface area contributed by atoms with Crippen LogP contribution in [-0.4, -0.2) is 18.5 Å². The average Bonchev–Trinajstić information content (AvgIpc) is 2.32. The average molecular weight is 288 g/mol. The molecule has 6 heteroatoms. The van der Waals surface area contributed by atoms with Gasteiger partial charge in [0.2, 0.25) is 5.91 Å². The van der Waals surface area contributed by atoms with Gasteiger partial charge in [-0.1, -0.05) is 29.3 Å². The topological polar surface area (TPSA) is 55.4 Å². The molecule has 0 bridgehead atoms. The highest BCUT2D eigenvalue weighted by molar-refractivity contribution is 6.39. The van der Waals surface area contributed by atoms with Crippen LogP contribution in [0, 0.1) is 0 Å². The van der Waals surface area contributed by atoms with E-state index in [1.807, 2.05) is 0 Å². The maximum Gasteiger partial charge on any atom is 0.330 e. The maximum atomic E-state index is 11.5. The van der Waals surface area contributed by atoms with Crippen LogP contribution < -0.4 is 5.32 Å². The minimum atomic E-state index is -0.585. The minimum absolute atomic E-state index is 0.251. The molecule has 0 unspecified atom stereocenters. The quantitative estimate of drug-likeness (QED) is 0.684. The predicted octanol–water partition coefficient (Wildman–Crippen LogP) is 3.05. The molecular formula is C12H11Cl2NO3. The van der Waals surface area contributed by atoms with Crippen molar-refractivity contribution in [1.82, 2.24) is 0 Å². The molecule has 0 spiro atoms. The fourth-order valence-corrected chi connectivity index (χ4v) is 1.61. The second kappa shape index (κ2) is 7.03. The SMILES string of the molecule is CCOC(=O)/C=C\C(=O)Nc1c(Cl)cccc1Cl. The summed E-state index contributed by atoms with van der Waals surface area (Å²) in [4.78, 5) is 22.5. The van der Waals surface area contributed by atoms with Crippen molar-refractivity contribution in [2.75, 3.05) is 11.9 Å². The summed E-state index contributed by atoms with van der Waals surface area (Å²) in [5, 5.41) is 3.12. The van der Waals surface area contributed by atoms with Crippen molar-refractivity contribution >= 4 is 40.8 Å². The van der Waals surface area contributed by atoms with Gasteiger partial charge in [-0.05, 0) is 19.1 Å². The molecule has 1 aromatic carbocycles. The normalized spacial score (nSPS) is 10.4. The molecule has 18 heavy (non-hydrogen) atoms. The zero-order valence-corrected chi connectivity index (χ0v) is 11.1. The summed E-state index contributed by atoms with van der Waals surface area (Å²) < 4.78 is 4.63. The Morgan fingerprint density at radius 3 is 2.44 bits per heavy atom. The second-order valence-corrected chi connectivity index (χ2v) is 3.99. The minimum Gasteiger partial charge on any atom is -0.463 e. The molecule has 0 aromatic heterocycles. The summed E-state index contributed by atoms with van der Waals surface area (Å²) in [5.41, 5.74) is 0.305. The Morgan fingerprint density at radius 2 is 1.89 bits per heavy atom. The van der Waals surface area contributed by atoms with Gasteiger partial charge in [-0.3, -0.25) is 4.79 Å². The summed E-state index contributed by atoms with van der Waals surface area (Å²) in [6.07, 6.45) is 2.08. The highest BCUT2D eigenvalue weighted by Crippen LogP contribution is 2.29. The molecule has 0 atom stereocenters. The zero-order valence-electron chi connectivity index (χ0n) is 9.57. The van der Waals surface area contributed by atoms with Gasteiger partial charge in [-0.15, -0.1) is 0 Å². The number of benzene rings is 1. The number of carbonyl (C=O) groups excluding carboxylic acids is 2. The number of hydrogen-bond donors (Lipinski definition) is 1. The molecule has 1 amide bonds. The van der Waals surface area contributed by atoms with E-state index < -0.39 is 11.9 Å². The van der Waals surface area contributed by atoms with Gasteiger partial charge in [0.25, 0.3) is 0 Å². The van der Waals surface area contributed by atoms with E-state index in [0.717, 1.165) is 12.2 Å². The Morgan fingerprint density at radius 1 is 1.28 bits per heavy atom. The predicted molar refractivity (Wildman–Crippen MR) is 70.9 cm³/mol. The van der Waals surface area contributed by atoms with Gasteiger partial charge in [0, 0.05) is 12.2 Å².